The van der Waals surface area contributed by atoms with E-state index < -0.39 is 16.6 Å². The second-order valence-electron chi connectivity index (χ2n) is 4.58. The molecule has 7 nitrogen and oxygen atoms in total. The van der Waals surface area contributed by atoms with E-state index >= 15 is 0 Å². The fourth-order valence-electron chi connectivity index (χ4n) is 1.91. The molecule has 0 aliphatic carbocycles. The number of H-pyrrole nitrogens is 1. The van der Waals surface area contributed by atoms with Gasteiger partial charge in [-0.05, 0) is 37.6 Å². The molecule has 2 rings (SSSR count). The number of aromatic nitrogens is 2. The molecule has 0 bridgehead atoms. The Morgan fingerprint density at radius 1 is 1.38 bits per heavy atom. The molecule has 0 fully saturated rings. The molecule has 21 heavy (non-hydrogen) atoms. The topological polar surface area (TPSA) is 104 Å². The molecule has 0 unspecified atom stereocenters. The molecule has 1 heterocycles. The summed E-state index contributed by atoms with van der Waals surface area (Å²) < 4.78 is 32.3. The number of aliphatic hydroxyl groups is 1. The van der Waals surface area contributed by atoms with E-state index in [9.17, 15) is 13.5 Å². The molecule has 3 N–H and O–H groups in total. The number of nitrogens with one attached hydrogen (secondary N) is 2. The van der Waals surface area contributed by atoms with Crippen molar-refractivity contribution in [3.63, 3.8) is 0 Å². The average molecular weight is 311 g/mol. The van der Waals surface area contributed by atoms with E-state index in [1.165, 1.54) is 0 Å². The number of methoxy groups -OCH3 is 1. The van der Waals surface area contributed by atoms with Gasteiger partial charge >= 0.3 is 0 Å². The van der Waals surface area contributed by atoms with Crippen LogP contribution in [0.5, 0.6) is 5.75 Å². The van der Waals surface area contributed by atoms with E-state index in [-0.39, 0.29) is 10.6 Å². The van der Waals surface area contributed by atoms with Crippen LogP contribution in [0.25, 0.3) is 0 Å². The van der Waals surface area contributed by atoms with E-state index in [2.05, 4.69) is 14.9 Å². The zero-order valence-corrected chi connectivity index (χ0v) is 12.8. The van der Waals surface area contributed by atoms with Crippen LogP contribution in [0.4, 0.5) is 5.69 Å². The predicted molar refractivity (Wildman–Crippen MR) is 77.8 cm³/mol. The van der Waals surface area contributed by atoms with Gasteiger partial charge in [-0.2, -0.15) is 13.5 Å². The summed E-state index contributed by atoms with van der Waals surface area (Å²) in [5.41, 5.74) is 1.93. The van der Waals surface area contributed by atoms with Crippen LogP contribution in [0.3, 0.4) is 0 Å². The third-order valence-corrected chi connectivity index (χ3v) is 4.46. The van der Waals surface area contributed by atoms with Gasteiger partial charge in [-0.15, -0.1) is 0 Å². The highest BCUT2D eigenvalue weighted by molar-refractivity contribution is 7.92. The fraction of sp³-hybridized carbons (Fsp3) is 0.308. The third kappa shape index (κ3) is 3.01. The molecule has 0 spiro atoms. The van der Waals surface area contributed by atoms with Crippen LogP contribution in [0.1, 0.15) is 16.8 Å². The van der Waals surface area contributed by atoms with Crippen molar-refractivity contribution in [1.82, 2.24) is 10.2 Å². The number of aryl methyl sites for hydroxylation is 2. The van der Waals surface area contributed by atoms with Crippen molar-refractivity contribution in [1.29, 1.82) is 0 Å². The van der Waals surface area contributed by atoms with Crippen molar-refractivity contribution in [3.05, 3.63) is 35.0 Å². The summed E-state index contributed by atoms with van der Waals surface area (Å²) in [6.45, 7) is 3.01. The van der Waals surface area contributed by atoms with Crippen LogP contribution >= 0.6 is 0 Å². The van der Waals surface area contributed by atoms with E-state index in [0.29, 0.717) is 17.1 Å². The number of sulfonamides is 1. The average Bonchev–Trinajstić information content (AvgIpc) is 2.82. The lowest BCUT2D eigenvalue weighted by Crippen LogP contribution is -2.16. The van der Waals surface area contributed by atoms with Crippen LogP contribution in [0.15, 0.2) is 23.2 Å². The Hall–Kier alpha value is -2.06. The molecule has 0 amide bonds. The van der Waals surface area contributed by atoms with Crippen molar-refractivity contribution in [2.24, 2.45) is 0 Å². The van der Waals surface area contributed by atoms with Gasteiger partial charge in [-0.25, -0.2) is 0 Å². The first-order chi connectivity index (χ1) is 9.89. The van der Waals surface area contributed by atoms with Crippen LogP contribution in [0, 0.1) is 13.8 Å². The van der Waals surface area contributed by atoms with E-state index in [4.69, 9.17) is 4.74 Å². The molecule has 0 saturated carbocycles. The Morgan fingerprint density at radius 2 is 2.10 bits per heavy atom. The van der Waals surface area contributed by atoms with Gasteiger partial charge < -0.3 is 9.84 Å². The molecule has 0 radical (unpaired) electrons. The largest absolute Gasteiger partial charge is 0.497 e. The molecule has 114 valence electrons. The third-order valence-electron chi connectivity index (χ3n) is 3.13. The number of hydrogen-bond donors (Lipinski definition) is 3. The van der Waals surface area contributed by atoms with E-state index in [1.54, 1.807) is 39.2 Å². The minimum absolute atomic E-state index is 0.197. The molecule has 2 aromatic rings. The molecular weight excluding hydrogens is 294 g/mol. The maximum atomic E-state index is 12.4. The summed E-state index contributed by atoms with van der Waals surface area (Å²) in [5, 5.41) is 15.4. The van der Waals surface area contributed by atoms with Gasteiger partial charge in [0.25, 0.3) is 10.0 Å². The standard InChI is InChI=1S/C13H17N3O4S/c1-8-6-10(20-3)4-5-12(8)16-21(18,19)13-11(7-17)9(2)14-15-13/h4-6,16-17H,7H2,1-3H3,(H,14,15). The first-order valence-electron chi connectivity index (χ1n) is 6.21. The van der Waals surface area contributed by atoms with Gasteiger partial charge in [0.15, 0.2) is 0 Å². The van der Waals surface area contributed by atoms with Gasteiger partial charge in [-0.1, -0.05) is 0 Å². The van der Waals surface area contributed by atoms with Crippen LogP contribution in [0.2, 0.25) is 0 Å². The lowest BCUT2D eigenvalue weighted by Gasteiger charge is -2.11. The number of nitrogens with zero attached hydrogens (tertiary/aromatic N) is 1. The minimum Gasteiger partial charge on any atom is -0.497 e. The van der Waals surface area contributed by atoms with Crippen LogP contribution < -0.4 is 9.46 Å². The molecule has 8 heteroatoms. The number of anilines is 1. The number of hydrogen-bond acceptors (Lipinski definition) is 5. The second-order valence-corrected chi connectivity index (χ2v) is 6.17. The van der Waals surface area contributed by atoms with Crippen molar-refractivity contribution in [2.75, 3.05) is 11.8 Å². The maximum absolute atomic E-state index is 12.4. The Labute approximate surface area is 123 Å². The minimum atomic E-state index is -3.87. The highest BCUT2D eigenvalue weighted by Crippen LogP contribution is 2.25. The molecule has 0 saturated heterocycles. The van der Waals surface area contributed by atoms with Gasteiger partial charge in [0.1, 0.15) is 5.75 Å². The van der Waals surface area contributed by atoms with Crippen molar-refractivity contribution in [2.45, 2.75) is 25.5 Å². The summed E-state index contributed by atoms with van der Waals surface area (Å²) >= 11 is 0. The van der Waals surface area contributed by atoms with Crippen molar-refractivity contribution >= 4 is 15.7 Å². The SMILES string of the molecule is COc1ccc(NS(=O)(=O)c2n[nH]c(C)c2CO)c(C)c1. The monoisotopic (exact) mass is 311 g/mol. The Kier molecular flexibility index (Phi) is 4.19. The van der Waals surface area contributed by atoms with E-state index in [0.717, 1.165) is 5.56 Å². The van der Waals surface area contributed by atoms with Gasteiger partial charge in [0.2, 0.25) is 5.03 Å². The summed E-state index contributed by atoms with van der Waals surface area (Å²) in [6.07, 6.45) is 0. The van der Waals surface area contributed by atoms with Gasteiger partial charge in [-0.3, -0.25) is 9.82 Å². The summed E-state index contributed by atoms with van der Waals surface area (Å²) in [7, 11) is -2.33. The lowest BCUT2D eigenvalue weighted by atomic mass is 10.2. The first kappa shape index (κ1) is 15.3. The summed E-state index contributed by atoms with van der Waals surface area (Å²) in [5.74, 6) is 0.641. The molecule has 1 aromatic carbocycles. The quantitative estimate of drug-likeness (QED) is 0.772. The zero-order chi connectivity index (χ0) is 15.6. The second kappa shape index (κ2) is 5.74. The molecule has 0 aliphatic heterocycles. The first-order valence-corrected chi connectivity index (χ1v) is 7.69. The Balaban J connectivity index is 2.37. The molecule has 1 aromatic heterocycles. The Bertz CT molecular complexity index is 753. The molecule has 0 aliphatic rings. The number of aliphatic hydroxyl groups excluding tert-OH is 1. The highest BCUT2D eigenvalue weighted by atomic mass is 32.2. The zero-order valence-electron chi connectivity index (χ0n) is 12.0. The lowest BCUT2D eigenvalue weighted by molar-refractivity contribution is 0.277. The predicted octanol–water partition coefficient (Wildman–Crippen LogP) is 1.33. The normalized spacial score (nSPS) is 11.4. The summed E-state index contributed by atoms with van der Waals surface area (Å²) in [6, 6.07) is 5.00. The fourth-order valence-corrected chi connectivity index (χ4v) is 3.23. The number of ether oxygens (including phenoxy) is 1. The van der Waals surface area contributed by atoms with Crippen LogP contribution in [-0.4, -0.2) is 30.8 Å². The van der Waals surface area contributed by atoms with Crippen molar-refractivity contribution < 1.29 is 18.3 Å². The number of benzene rings is 1. The highest BCUT2D eigenvalue weighted by Gasteiger charge is 2.24. The Morgan fingerprint density at radius 3 is 2.67 bits per heavy atom. The molecular formula is C13H17N3O4S. The molecule has 0 atom stereocenters. The van der Waals surface area contributed by atoms with E-state index in [1.807, 2.05) is 0 Å². The van der Waals surface area contributed by atoms with Crippen LogP contribution in [-0.2, 0) is 16.6 Å². The number of rotatable bonds is 5. The van der Waals surface area contributed by atoms with Gasteiger partial charge in [0, 0.05) is 11.3 Å². The van der Waals surface area contributed by atoms with Crippen molar-refractivity contribution in [3.8, 4) is 5.75 Å². The maximum Gasteiger partial charge on any atom is 0.281 e. The van der Waals surface area contributed by atoms with Gasteiger partial charge in [0.05, 0.1) is 19.4 Å². The summed E-state index contributed by atoms with van der Waals surface area (Å²) in [4.78, 5) is 0. The number of aromatic amines is 1. The smallest absolute Gasteiger partial charge is 0.281 e.